The van der Waals surface area contributed by atoms with Crippen molar-refractivity contribution in [1.82, 2.24) is 0 Å². The summed E-state index contributed by atoms with van der Waals surface area (Å²) in [5.74, 6) is 0. The molecule has 0 aromatic heterocycles. The average molecular weight is 349 g/mol. The van der Waals surface area contributed by atoms with Crippen molar-refractivity contribution in [1.29, 1.82) is 0 Å². The summed E-state index contributed by atoms with van der Waals surface area (Å²) in [6.45, 7) is 24.1. The van der Waals surface area contributed by atoms with Gasteiger partial charge in [0.1, 0.15) is 0 Å². The van der Waals surface area contributed by atoms with Crippen molar-refractivity contribution in [2.45, 2.75) is 88.9 Å². The number of rotatable bonds is 4. The van der Waals surface area contributed by atoms with Crippen LogP contribution >= 0.6 is 0 Å². The van der Waals surface area contributed by atoms with E-state index in [1.54, 1.807) is 4.40 Å². The molecule has 0 radical (unpaired) electrons. The van der Waals surface area contributed by atoms with Gasteiger partial charge in [0.2, 0.25) is 0 Å². The predicted molar refractivity (Wildman–Crippen MR) is 101 cm³/mol. The van der Waals surface area contributed by atoms with E-state index in [1.165, 1.54) is 11.1 Å². The maximum atomic E-state index is 2.58. The first-order valence-corrected chi connectivity index (χ1v) is 13.3. The van der Waals surface area contributed by atoms with Crippen LogP contribution in [0.2, 0.25) is 14.3 Å². The minimum atomic E-state index is -2.16. The Labute approximate surface area is 136 Å². The second-order valence-corrected chi connectivity index (χ2v) is 21.1. The van der Waals surface area contributed by atoms with Gasteiger partial charge in [0.15, 0.2) is 0 Å². The molecule has 0 heterocycles. The molecule has 0 amide bonds. The van der Waals surface area contributed by atoms with Crippen LogP contribution in [-0.4, -0.2) is 13.3 Å². The minimum absolute atomic E-state index is 0.235. The molecular weight excluding hydrogens is 313 g/mol. The molecule has 0 spiro atoms. The molecule has 0 nitrogen and oxygen atoms in total. The Bertz CT molecular complexity index is 453. The number of hydrogen-bond donors (Lipinski definition) is 0. The Morgan fingerprint density at radius 1 is 0.810 bits per heavy atom. The van der Waals surface area contributed by atoms with Crippen molar-refractivity contribution < 1.29 is 0 Å². The van der Waals surface area contributed by atoms with E-state index in [2.05, 4.69) is 87.4 Å². The summed E-state index contributed by atoms with van der Waals surface area (Å²) in [4.78, 5) is 0. The van der Waals surface area contributed by atoms with Gasteiger partial charge in [-0.25, -0.2) is 0 Å². The SMILES string of the molecule is Cc1cc[c]([Ge]([CH](C)C)([CH](C)C)[CH](C)C)cc1C(C)(C)C. The van der Waals surface area contributed by atoms with Gasteiger partial charge in [-0.2, -0.15) is 0 Å². The van der Waals surface area contributed by atoms with Gasteiger partial charge in [0.25, 0.3) is 0 Å². The summed E-state index contributed by atoms with van der Waals surface area (Å²) in [5.41, 5.74) is 3.22. The van der Waals surface area contributed by atoms with E-state index < -0.39 is 13.3 Å². The van der Waals surface area contributed by atoms with Crippen molar-refractivity contribution in [2.75, 3.05) is 0 Å². The number of benzene rings is 1. The summed E-state index contributed by atoms with van der Waals surface area (Å²) in [6.07, 6.45) is 0. The molecular formula is C20H36Ge. The molecule has 1 aromatic rings. The Morgan fingerprint density at radius 3 is 1.57 bits per heavy atom. The molecule has 0 saturated carbocycles. The van der Waals surface area contributed by atoms with Gasteiger partial charge in [0.05, 0.1) is 0 Å². The molecule has 1 heteroatoms. The molecule has 0 aliphatic heterocycles. The summed E-state index contributed by atoms with van der Waals surface area (Å²) < 4.78 is 4.17. The molecule has 0 fully saturated rings. The first-order valence-electron chi connectivity index (χ1n) is 8.57. The van der Waals surface area contributed by atoms with E-state index in [0.717, 1.165) is 14.3 Å². The number of hydrogen-bond acceptors (Lipinski definition) is 0. The van der Waals surface area contributed by atoms with E-state index in [1.807, 2.05) is 0 Å². The van der Waals surface area contributed by atoms with E-state index in [0.29, 0.717) is 0 Å². The zero-order valence-electron chi connectivity index (χ0n) is 16.0. The fourth-order valence-electron chi connectivity index (χ4n) is 4.70. The molecule has 0 unspecified atom stereocenters. The van der Waals surface area contributed by atoms with Gasteiger partial charge in [-0.15, -0.1) is 0 Å². The normalized spacial score (nSPS) is 13.6. The van der Waals surface area contributed by atoms with Crippen LogP contribution in [0.1, 0.15) is 73.4 Å². The van der Waals surface area contributed by atoms with Crippen molar-refractivity contribution in [3.05, 3.63) is 29.3 Å². The monoisotopic (exact) mass is 350 g/mol. The molecule has 0 N–H and O–H groups in total. The standard InChI is InChI=1S/C20H36Ge/c1-14(2)21(15(3)4,16(5)6)18-12-11-17(7)19(13-18)20(8,9)10/h11-16H,1-10H3. The average Bonchev–Trinajstić information content (AvgIpc) is 2.28. The molecule has 1 rings (SSSR count). The van der Waals surface area contributed by atoms with E-state index >= 15 is 0 Å². The third kappa shape index (κ3) is 3.41. The van der Waals surface area contributed by atoms with Crippen LogP contribution in [0.3, 0.4) is 0 Å². The Morgan fingerprint density at radius 2 is 1.24 bits per heavy atom. The topological polar surface area (TPSA) is 0 Å². The first-order chi connectivity index (χ1) is 9.45. The van der Waals surface area contributed by atoms with Crippen molar-refractivity contribution >= 4 is 17.7 Å². The van der Waals surface area contributed by atoms with E-state index in [9.17, 15) is 0 Å². The fraction of sp³-hybridized carbons (Fsp3) is 0.700. The van der Waals surface area contributed by atoms with Crippen LogP contribution in [0.5, 0.6) is 0 Å². The van der Waals surface area contributed by atoms with Crippen molar-refractivity contribution in [2.24, 2.45) is 0 Å². The Kier molecular flexibility index (Phi) is 5.81. The molecule has 120 valence electrons. The molecule has 0 bridgehead atoms. The summed E-state index contributed by atoms with van der Waals surface area (Å²) >= 11 is -2.16. The summed E-state index contributed by atoms with van der Waals surface area (Å²) in [5, 5.41) is 0. The van der Waals surface area contributed by atoms with Crippen LogP contribution in [-0.2, 0) is 5.41 Å². The van der Waals surface area contributed by atoms with Crippen LogP contribution in [0.15, 0.2) is 18.2 Å². The molecule has 0 aliphatic rings. The van der Waals surface area contributed by atoms with Crippen LogP contribution < -0.4 is 4.40 Å². The molecule has 0 saturated heterocycles. The van der Waals surface area contributed by atoms with Gasteiger partial charge in [-0.1, -0.05) is 0 Å². The second kappa shape index (κ2) is 6.48. The van der Waals surface area contributed by atoms with Gasteiger partial charge in [0, 0.05) is 0 Å². The molecule has 21 heavy (non-hydrogen) atoms. The van der Waals surface area contributed by atoms with Crippen LogP contribution in [0, 0.1) is 6.92 Å². The van der Waals surface area contributed by atoms with Crippen molar-refractivity contribution in [3.8, 4) is 0 Å². The molecule has 0 atom stereocenters. The zero-order chi connectivity index (χ0) is 16.6. The fourth-order valence-corrected chi connectivity index (χ4v) is 18.9. The third-order valence-corrected chi connectivity index (χ3v) is 20.2. The predicted octanol–water partition coefficient (Wildman–Crippen LogP) is 6.18. The van der Waals surface area contributed by atoms with Gasteiger partial charge in [-0.3, -0.25) is 0 Å². The van der Waals surface area contributed by atoms with Crippen LogP contribution in [0.4, 0.5) is 0 Å². The summed E-state index contributed by atoms with van der Waals surface area (Å²) in [7, 11) is 0. The summed E-state index contributed by atoms with van der Waals surface area (Å²) in [6, 6.07) is 7.42. The van der Waals surface area contributed by atoms with Crippen LogP contribution in [0.25, 0.3) is 0 Å². The van der Waals surface area contributed by atoms with Gasteiger partial charge < -0.3 is 0 Å². The van der Waals surface area contributed by atoms with E-state index in [-0.39, 0.29) is 5.41 Å². The van der Waals surface area contributed by atoms with E-state index in [4.69, 9.17) is 0 Å². The quantitative estimate of drug-likeness (QED) is 0.570. The molecule has 1 aromatic carbocycles. The van der Waals surface area contributed by atoms with Gasteiger partial charge >= 0.3 is 136 Å². The third-order valence-electron chi connectivity index (χ3n) is 5.41. The molecule has 0 aliphatic carbocycles. The Hall–Kier alpha value is -0.237. The first kappa shape index (κ1) is 18.8. The van der Waals surface area contributed by atoms with Gasteiger partial charge in [-0.05, 0) is 0 Å². The van der Waals surface area contributed by atoms with Crippen molar-refractivity contribution in [3.63, 3.8) is 0 Å². The number of aryl methyl sites for hydroxylation is 1. The maximum absolute atomic E-state index is 2.58. The second-order valence-electron chi connectivity index (χ2n) is 8.68. The Balaban J connectivity index is 3.61. The zero-order valence-corrected chi connectivity index (χ0v) is 18.1.